The Morgan fingerprint density at radius 2 is 2.19 bits per heavy atom. The number of fused-ring (bicyclic) bond motifs is 1. The lowest BCUT2D eigenvalue weighted by Crippen LogP contribution is -2.29. The molecule has 1 atom stereocenters. The standard InChI is InChI=1S/C16H19N3O2/c1-12-6-8-18(11-12)16(21)7-9-19-14-5-3-2-4-13(14)15(20)10-17-19/h2-5,10,12H,6-9,11H2,1H3. The number of hydrogen-bond acceptors (Lipinski definition) is 3. The number of likely N-dealkylation sites (tertiary alicyclic amines) is 1. The van der Waals surface area contributed by atoms with Crippen LogP contribution in [0.15, 0.2) is 35.3 Å². The van der Waals surface area contributed by atoms with E-state index in [0.29, 0.717) is 24.3 Å². The molecule has 1 amide bonds. The quantitative estimate of drug-likeness (QED) is 0.861. The highest BCUT2D eigenvalue weighted by Crippen LogP contribution is 2.16. The van der Waals surface area contributed by atoms with E-state index in [1.807, 2.05) is 23.1 Å². The first-order valence-corrected chi connectivity index (χ1v) is 7.38. The lowest BCUT2D eigenvalue weighted by atomic mass is 10.2. The summed E-state index contributed by atoms with van der Waals surface area (Å²) in [5, 5.41) is 4.80. The molecular formula is C16H19N3O2. The number of aryl methyl sites for hydroxylation is 1. The average Bonchev–Trinajstić information content (AvgIpc) is 2.93. The summed E-state index contributed by atoms with van der Waals surface area (Å²) in [6, 6.07) is 7.38. The van der Waals surface area contributed by atoms with Crippen molar-refractivity contribution in [3.8, 4) is 0 Å². The highest BCUT2D eigenvalue weighted by atomic mass is 16.2. The Kier molecular flexibility index (Phi) is 3.73. The first-order chi connectivity index (χ1) is 10.1. The minimum absolute atomic E-state index is 0.0819. The van der Waals surface area contributed by atoms with Crippen LogP contribution in [0.3, 0.4) is 0 Å². The lowest BCUT2D eigenvalue weighted by molar-refractivity contribution is -0.130. The molecule has 3 rings (SSSR count). The summed E-state index contributed by atoms with van der Waals surface area (Å²) in [7, 11) is 0. The topological polar surface area (TPSA) is 55.2 Å². The van der Waals surface area contributed by atoms with Crippen molar-refractivity contribution in [2.24, 2.45) is 5.92 Å². The van der Waals surface area contributed by atoms with E-state index in [1.54, 1.807) is 10.7 Å². The van der Waals surface area contributed by atoms with Crippen LogP contribution in [0.4, 0.5) is 0 Å². The van der Waals surface area contributed by atoms with E-state index in [4.69, 9.17) is 0 Å². The van der Waals surface area contributed by atoms with Gasteiger partial charge in [0.25, 0.3) is 0 Å². The molecule has 0 aliphatic carbocycles. The fraction of sp³-hybridized carbons (Fsp3) is 0.438. The second kappa shape index (κ2) is 5.68. The van der Waals surface area contributed by atoms with E-state index in [0.717, 1.165) is 25.0 Å². The van der Waals surface area contributed by atoms with Crippen LogP contribution in [0.1, 0.15) is 19.8 Å². The van der Waals surface area contributed by atoms with Gasteiger partial charge < -0.3 is 4.90 Å². The fourth-order valence-corrected chi connectivity index (χ4v) is 2.86. The van der Waals surface area contributed by atoms with Crippen molar-refractivity contribution in [1.82, 2.24) is 14.7 Å². The van der Waals surface area contributed by atoms with Crippen LogP contribution in [-0.4, -0.2) is 33.7 Å². The predicted octanol–water partition coefficient (Wildman–Crippen LogP) is 1.65. The van der Waals surface area contributed by atoms with E-state index in [9.17, 15) is 9.59 Å². The zero-order valence-corrected chi connectivity index (χ0v) is 12.2. The molecule has 0 radical (unpaired) electrons. The van der Waals surface area contributed by atoms with Crippen LogP contribution in [0.25, 0.3) is 10.9 Å². The molecule has 1 saturated heterocycles. The summed E-state index contributed by atoms with van der Waals surface area (Å²) in [6.07, 6.45) is 2.84. The molecule has 21 heavy (non-hydrogen) atoms. The molecule has 0 spiro atoms. The summed E-state index contributed by atoms with van der Waals surface area (Å²) < 4.78 is 1.74. The van der Waals surface area contributed by atoms with Crippen molar-refractivity contribution in [1.29, 1.82) is 0 Å². The molecule has 1 unspecified atom stereocenters. The first kappa shape index (κ1) is 13.8. The molecule has 0 bridgehead atoms. The van der Waals surface area contributed by atoms with Gasteiger partial charge in [0.1, 0.15) is 0 Å². The van der Waals surface area contributed by atoms with Gasteiger partial charge in [0.15, 0.2) is 0 Å². The van der Waals surface area contributed by atoms with Crippen molar-refractivity contribution >= 4 is 16.8 Å². The predicted molar refractivity (Wildman–Crippen MR) is 81.0 cm³/mol. The summed E-state index contributed by atoms with van der Waals surface area (Å²) in [5.74, 6) is 0.768. The van der Waals surface area contributed by atoms with Gasteiger partial charge in [-0.15, -0.1) is 0 Å². The molecule has 2 heterocycles. The van der Waals surface area contributed by atoms with Crippen LogP contribution < -0.4 is 5.43 Å². The van der Waals surface area contributed by atoms with Crippen molar-refractivity contribution < 1.29 is 4.79 Å². The van der Waals surface area contributed by atoms with Crippen LogP contribution in [0.5, 0.6) is 0 Å². The minimum atomic E-state index is -0.0819. The molecule has 1 aliphatic rings. The molecule has 110 valence electrons. The first-order valence-electron chi connectivity index (χ1n) is 7.38. The maximum absolute atomic E-state index is 12.2. The number of para-hydroxylation sites is 1. The third kappa shape index (κ3) is 2.82. The van der Waals surface area contributed by atoms with Crippen LogP contribution in [0.2, 0.25) is 0 Å². The van der Waals surface area contributed by atoms with E-state index >= 15 is 0 Å². The van der Waals surface area contributed by atoms with E-state index in [-0.39, 0.29) is 11.3 Å². The van der Waals surface area contributed by atoms with Gasteiger partial charge >= 0.3 is 0 Å². The lowest BCUT2D eigenvalue weighted by Gasteiger charge is -2.16. The smallest absolute Gasteiger partial charge is 0.224 e. The summed E-state index contributed by atoms with van der Waals surface area (Å²) in [5.41, 5.74) is 0.703. The Labute approximate surface area is 123 Å². The molecule has 1 aromatic carbocycles. The Morgan fingerprint density at radius 3 is 2.95 bits per heavy atom. The normalized spacial score (nSPS) is 18.3. The van der Waals surface area contributed by atoms with Crippen LogP contribution in [-0.2, 0) is 11.3 Å². The van der Waals surface area contributed by atoms with Crippen LogP contribution >= 0.6 is 0 Å². The van der Waals surface area contributed by atoms with E-state index in [1.165, 1.54) is 6.20 Å². The van der Waals surface area contributed by atoms with Crippen molar-refractivity contribution in [3.63, 3.8) is 0 Å². The molecule has 0 N–H and O–H groups in total. The van der Waals surface area contributed by atoms with Crippen molar-refractivity contribution in [2.75, 3.05) is 13.1 Å². The van der Waals surface area contributed by atoms with Gasteiger partial charge in [-0.2, -0.15) is 5.10 Å². The molecule has 5 heteroatoms. The van der Waals surface area contributed by atoms with E-state index < -0.39 is 0 Å². The number of aromatic nitrogens is 2. The Balaban J connectivity index is 1.75. The molecule has 1 aromatic heterocycles. The monoisotopic (exact) mass is 285 g/mol. The van der Waals surface area contributed by atoms with Gasteiger partial charge in [-0.3, -0.25) is 14.3 Å². The summed E-state index contributed by atoms with van der Waals surface area (Å²) >= 11 is 0. The Hall–Kier alpha value is -2.17. The summed E-state index contributed by atoms with van der Waals surface area (Å²) in [6.45, 7) is 4.39. The van der Waals surface area contributed by atoms with Gasteiger partial charge in [-0.05, 0) is 24.5 Å². The third-order valence-electron chi connectivity index (χ3n) is 4.08. The zero-order chi connectivity index (χ0) is 14.8. The van der Waals surface area contributed by atoms with Crippen molar-refractivity contribution in [2.45, 2.75) is 26.3 Å². The van der Waals surface area contributed by atoms with Gasteiger partial charge in [-0.1, -0.05) is 19.1 Å². The SMILES string of the molecule is CC1CCN(C(=O)CCn2ncc(=O)c3ccccc32)C1. The number of benzene rings is 1. The number of rotatable bonds is 3. The van der Waals surface area contributed by atoms with Gasteiger partial charge in [0.2, 0.25) is 11.3 Å². The zero-order valence-electron chi connectivity index (χ0n) is 12.2. The Bertz CT molecular complexity index is 723. The average molecular weight is 285 g/mol. The van der Waals surface area contributed by atoms with Gasteiger partial charge in [-0.25, -0.2) is 0 Å². The van der Waals surface area contributed by atoms with Crippen LogP contribution in [0, 0.1) is 5.92 Å². The molecule has 1 aliphatic heterocycles. The van der Waals surface area contributed by atoms with Gasteiger partial charge in [0, 0.05) is 24.9 Å². The van der Waals surface area contributed by atoms with E-state index in [2.05, 4.69) is 12.0 Å². The second-order valence-corrected chi connectivity index (χ2v) is 5.73. The number of carbonyl (C=O) groups excluding carboxylic acids is 1. The van der Waals surface area contributed by atoms with Crippen molar-refractivity contribution in [3.05, 3.63) is 40.7 Å². The minimum Gasteiger partial charge on any atom is -0.342 e. The number of hydrogen-bond donors (Lipinski definition) is 0. The van der Waals surface area contributed by atoms with Gasteiger partial charge in [0.05, 0.1) is 18.3 Å². The molecular weight excluding hydrogens is 266 g/mol. The molecule has 5 nitrogen and oxygen atoms in total. The maximum atomic E-state index is 12.2. The highest BCUT2D eigenvalue weighted by Gasteiger charge is 2.22. The molecule has 0 saturated carbocycles. The largest absolute Gasteiger partial charge is 0.342 e. The summed E-state index contributed by atoms with van der Waals surface area (Å²) in [4.78, 5) is 25.9. The third-order valence-corrected chi connectivity index (χ3v) is 4.08. The highest BCUT2D eigenvalue weighted by molar-refractivity contribution is 5.79. The maximum Gasteiger partial charge on any atom is 0.224 e. The second-order valence-electron chi connectivity index (χ2n) is 5.73. The number of amides is 1. The number of nitrogens with zero attached hydrogens (tertiary/aromatic N) is 3. The molecule has 2 aromatic rings. The Morgan fingerprint density at radius 1 is 1.38 bits per heavy atom. The fourth-order valence-electron chi connectivity index (χ4n) is 2.86. The molecule has 1 fully saturated rings. The number of carbonyl (C=O) groups is 1.